The molecule has 30 heavy (non-hydrogen) atoms. The average Bonchev–Trinajstić information content (AvgIpc) is 2.71. The van der Waals surface area contributed by atoms with Gasteiger partial charge in [0.15, 0.2) is 0 Å². The Hall–Kier alpha value is -1.93. The monoisotopic (exact) mass is 437 g/mol. The van der Waals surface area contributed by atoms with Crippen molar-refractivity contribution in [2.24, 2.45) is 5.92 Å². The molecule has 1 aliphatic heterocycles. The lowest BCUT2D eigenvalue weighted by Gasteiger charge is -2.32. The summed E-state index contributed by atoms with van der Waals surface area (Å²) in [6, 6.07) is 6.82. The zero-order chi connectivity index (χ0) is 22.4. The van der Waals surface area contributed by atoms with E-state index in [1.165, 1.54) is 0 Å². The molecule has 168 valence electrons. The first-order valence-electron chi connectivity index (χ1n) is 10.7. The third kappa shape index (κ3) is 6.80. The first-order chi connectivity index (χ1) is 14.0. The Morgan fingerprint density at radius 3 is 2.40 bits per heavy atom. The fraction of sp³-hybridized carbons (Fsp3) is 0.636. The highest BCUT2D eigenvalue weighted by Crippen LogP contribution is 2.23. The minimum Gasteiger partial charge on any atom is -0.356 e. The first-order valence-corrected chi connectivity index (χ1v) is 12.2. The first kappa shape index (κ1) is 24.3. The molecule has 0 bridgehead atoms. The van der Waals surface area contributed by atoms with E-state index in [0.29, 0.717) is 19.6 Å². The maximum absolute atomic E-state index is 12.5. The van der Waals surface area contributed by atoms with Gasteiger partial charge in [0, 0.05) is 32.6 Å². The van der Waals surface area contributed by atoms with Gasteiger partial charge in [-0.3, -0.25) is 9.59 Å². The normalized spacial score (nSPS) is 17.6. The summed E-state index contributed by atoms with van der Waals surface area (Å²) in [5, 5.41) is 2.89. The van der Waals surface area contributed by atoms with Crippen molar-refractivity contribution in [3.8, 4) is 0 Å². The number of benzene rings is 1. The smallest absolute Gasteiger partial charge is 0.240 e. The lowest BCUT2D eigenvalue weighted by molar-refractivity contribution is -0.135. The summed E-state index contributed by atoms with van der Waals surface area (Å²) < 4.78 is 27.5. The van der Waals surface area contributed by atoms with Gasteiger partial charge >= 0.3 is 0 Å². The summed E-state index contributed by atoms with van der Waals surface area (Å²) in [4.78, 5) is 26.6. The van der Waals surface area contributed by atoms with E-state index in [0.717, 1.165) is 24.8 Å². The molecule has 1 aromatic carbocycles. The second-order valence-corrected chi connectivity index (χ2v) is 10.7. The maximum Gasteiger partial charge on any atom is 0.240 e. The van der Waals surface area contributed by atoms with Crippen LogP contribution in [0.25, 0.3) is 0 Å². The van der Waals surface area contributed by atoms with Gasteiger partial charge < -0.3 is 10.2 Å². The SMILES string of the molecule is CCCNC(=O)C1CCCN(C(=O)CCNS(=O)(=O)c2ccc(C(C)(C)C)cc2)C1. The van der Waals surface area contributed by atoms with Gasteiger partial charge in [0.25, 0.3) is 0 Å². The lowest BCUT2D eigenvalue weighted by atomic mass is 9.87. The molecule has 1 aliphatic rings. The Labute approximate surface area is 180 Å². The Bertz CT molecular complexity index is 829. The maximum atomic E-state index is 12.5. The quantitative estimate of drug-likeness (QED) is 0.653. The summed E-state index contributed by atoms with van der Waals surface area (Å²) in [6.07, 6.45) is 2.50. The summed E-state index contributed by atoms with van der Waals surface area (Å²) in [7, 11) is -3.67. The van der Waals surface area contributed by atoms with Gasteiger partial charge in [0.05, 0.1) is 10.8 Å². The van der Waals surface area contributed by atoms with Crippen LogP contribution in [0.4, 0.5) is 0 Å². The van der Waals surface area contributed by atoms with Gasteiger partial charge in [0.1, 0.15) is 0 Å². The Balaban J connectivity index is 1.86. The molecule has 1 saturated heterocycles. The lowest BCUT2D eigenvalue weighted by Crippen LogP contribution is -2.46. The highest BCUT2D eigenvalue weighted by atomic mass is 32.2. The minimum atomic E-state index is -3.67. The number of hydrogen-bond donors (Lipinski definition) is 2. The van der Waals surface area contributed by atoms with Crippen molar-refractivity contribution in [1.29, 1.82) is 0 Å². The number of piperidine rings is 1. The number of nitrogens with zero attached hydrogens (tertiary/aromatic N) is 1. The van der Waals surface area contributed by atoms with Crippen LogP contribution in [0, 0.1) is 5.92 Å². The van der Waals surface area contributed by atoms with Crippen LogP contribution in [0.15, 0.2) is 29.2 Å². The molecule has 0 spiro atoms. The molecular formula is C22H35N3O4S. The van der Waals surface area contributed by atoms with Gasteiger partial charge in [-0.25, -0.2) is 13.1 Å². The van der Waals surface area contributed by atoms with E-state index in [-0.39, 0.29) is 41.0 Å². The Morgan fingerprint density at radius 1 is 1.13 bits per heavy atom. The highest BCUT2D eigenvalue weighted by molar-refractivity contribution is 7.89. The molecule has 0 aliphatic carbocycles. The topological polar surface area (TPSA) is 95.6 Å². The van der Waals surface area contributed by atoms with Crippen molar-refractivity contribution in [3.05, 3.63) is 29.8 Å². The predicted molar refractivity (Wildman–Crippen MR) is 118 cm³/mol. The zero-order valence-electron chi connectivity index (χ0n) is 18.5. The molecule has 1 unspecified atom stereocenters. The van der Waals surface area contributed by atoms with Crippen molar-refractivity contribution in [1.82, 2.24) is 14.9 Å². The largest absolute Gasteiger partial charge is 0.356 e. The van der Waals surface area contributed by atoms with E-state index in [1.807, 2.05) is 19.1 Å². The van der Waals surface area contributed by atoms with Gasteiger partial charge in [-0.2, -0.15) is 0 Å². The number of amides is 2. The Kier molecular flexibility index (Phi) is 8.43. The standard InChI is InChI=1S/C22H35N3O4S/c1-5-13-23-21(27)17-7-6-15-25(16-17)20(26)12-14-24-30(28,29)19-10-8-18(9-11-19)22(2,3)4/h8-11,17,24H,5-7,12-16H2,1-4H3,(H,23,27). The number of rotatable bonds is 8. The molecule has 1 aromatic rings. The number of hydrogen-bond acceptors (Lipinski definition) is 4. The average molecular weight is 438 g/mol. The molecule has 1 heterocycles. The minimum absolute atomic E-state index is 0.00578. The van der Waals surface area contributed by atoms with Gasteiger partial charge in [-0.1, -0.05) is 39.8 Å². The number of nitrogens with one attached hydrogen (secondary N) is 2. The van der Waals surface area contributed by atoms with Crippen LogP contribution >= 0.6 is 0 Å². The van der Waals surface area contributed by atoms with Crippen LogP contribution in [0.2, 0.25) is 0 Å². The number of sulfonamides is 1. The van der Waals surface area contributed by atoms with E-state index in [4.69, 9.17) is 0 Å². The van der Waals surface area contributed by atoms with Crippen molar-refractivity contribution in [2.75, 3.05) is 26.2 Å². The van der Waals surface area contributed by atoms with Crippen molar-refractivity contribution in [3.63, 3.8) is 0 Å². The second-order valence-electron chi connectivity index (χ2n) is 8.89. The van der Waals surface area contributed by atoms with Gasteiger partial charge in [-0.05, 0) is 42.4 Å². The molecule has 0 saturated carbocycles. The highest BCUT2D eigenvalue weighted by Gasteiger charge is 2.28. The van der Waals surface area contributed by atoms with Gasteiger partial charge in [0.2, 0.25) is 21.8 Å². The second kappa shape index (κ2) is 10.4. The Morgan fingerprint density at radius 2 is 1.80 bits per heavy atom. The van der Waals surface area contributed by atoms with E-state index in [1.54, 1.807) is 17.0 Å². The van der Waals surface area contributed by atoms with Crippen molar-refractivity contribution in [2.45, 2.75) is 63.7 Å². The molecule has 1 fully saturated rings. The molecule has 1 atom stereocenters. The van der Waals surface area contributed by atoms with Crippen molar-refractivity contribution < 1.29 is 18.0 Å². The molecular weight excluding hydrogens is 402 g/mol. The molecule has 8 heteroatoms. The number of carbonyl (C=O) groups excluding carboxylic acids is 2. The van der Waals surface area contributed by atoms with Crippen LogP contribution in [0.1, 0.15) is 58.9 Å². The van der Waals surface area contributed by atoms with E-state index in [2.05, 4.69) is 30.8 Å². The fourth-order valence-corrected chi connectivity index (χ4v) is 4.51. The molecule has 2 N–H and O–H groups in total. The van der Waals surface area contributed by atoms with Crippen molar-refractivity contribution >= 4 is 21.8 Å². The van der Waals surface area contributed by atoms with Crippen LogP contribution in [-0.4, -0.2) is 51.3 Å². The zero-order valence-corrected chi connectivity index (χ0v) is 19.3. The fourth-order valence-electron chi connectivity index (χ4n) is 3.48. The van der Waals surface area contributed by atoms with E-state index >= 15 is 0 Å². The molecule has 2 rings (SSSR count). The third-order valence-corrected chi connectivity index (χ3v) is 6.83. The number of likely N-dealkylation sites (tertiary alicyclic amines) is 1. The van der Waals surface area contributed by atoms with Crippen LogP contribution < -0.4 is 10.0 Å². The predicted octanol–water partition coefficient (Wildman–Crippen LogP) is 2.42. The van der Waals surface area contributed by atoms with E-state index in [9.17, 15) is 18.0 Å². The summed E-state index contributed by atoms with van der Waals surface area (Å²) in [5.74, 6) is -0.324. The van der Waals surface area contributed by atoms with E-state index < -0.39 is 10.0 Å². The van der Waals surface area contributed by atoms with Crippen LogP contribution in [-0.2, 0) is 25.0 Å². The summed E-state index contributed by atoms with van der Waals surface area (Å²) in [6.45, 7) is 9.88. The van der Waals surface area contributed by atoms with Crippen LogP contribution in [0.5, 0.6) is 0 Å². The molecule has 0 radical (unpaired) electrons. The molecule has 2 amide bonds. The van der Waals surface area contributed by atoms with Gasteiger partial charge in [-0.15, -0.1) is 0 Å². The third-order valence-electron chi connectivity index (χ3n) is 5.36. The van der Waals surface area contributed by atoms with Crippen LogP contribution in [0.3, 0.4) is 0 Å². The summed E-state index contributed by atoms with van der Waals surface area (Å²) >= 11 is 0. The number of carbonyl (C=O) groups is 2. The summed E-state index contributed by atoms with van der Waals surface area (Å²) in [5.41, 5.74) is 1.00. The molecule has 0 aromatic heterocycles. The molecule has 7 nitrogen and oxygen atoms in total.